The van der Waals surface area contributed by atoms with E-state index in [9.17, 15) is 87.2 Å². The van der Waals surface area contributed by atoms with E-state index in [0.29, 0.717) is 66.3 Å². The number of aliphatic hydroxyl groups is 1. The van der Waals surface area contributed by atoms with Crippen LogP contribution < -0.4 is 107 Å². The maximum atomic E-state index is 14.4. The number of phenols is 1. The summed E-state index contributed by atoms with van der Waals surface area (Å²) in [4.78, 5) is 222. The molecular formula is C88H104N22O19S. The number of aliphatic hydroxyl groups excluding tert-OH is 1. The van der Waals surface area contributed by atoms with Crippen LogP contribution in [0.5, 0.6) is 5.75 Å². The molecule has 41 nitrogen and oxygen atoms in total. The number of aromatic nitrogens is 3. The molecule has 5 aromatic carbocycles. The number of primary amides is 2. The summed E-state index contributed by atoms with van der Waals surface area (Å²) in [5.74, 6) is -11.7. The molecule has 0 radical (unpaired) electrons. The van der Waals surface area contributed by atoms with Crippen molar-refractivity contribution in [2.75, 3.05) is 108 Å². The van der Waals surface area contributed by atoms with Crippen molar-refractivity contribution in [2.24, 2.45) is 40.7 Å². The Labute approximate surface area is 748 Å². The molecule has 6 atom stereocenters. The van der Waals surface area contributed by atoms with Crippen LogP contribution in [0.3, 0.4) is 0 Å². The molecule has 686 valence electrons. The zero-order valence-corrected chi connectivity index (χ0v) is 72.1. The van der Waals surface area contributed by atoms with Gasteiger partial charge in [0.15, 0.2) is 5.43 Å². The number of benzene rings is 6. The van der Waals surface area contributed by atoms with Crippen LogP contribution in [0.25, 0.3) is 33.4 Å². The second-order valence-electron chi connectivity index (χ2n) is 32.1. The molecule has 2 saturated heterocycles. The van der Waals surface area contributed by atoms with Crippen molar-refractivity contribution in [1.82, 2.24) is 57.5 Å². The molecule has 0 saturated carbocycles. The number of nitrogens with one attached hydrogen (secondary N) is 13. The maximum Gasteiger partial charge on any atom is 0.336 e. The number of hydrogen-bond donors (Lipinski definition) is 20. The third-order valence-corrected chi connectivity index (χ3v) is 23.9. The number of fused-ring (bicyclic) bond motifs is 6. The fourth-order valence-electron chi connectivity index (χ4n) is 15.5. The van der Waals surface area contributed by atoms with Crippen LogP contribution in [0.1, 0.15) is 137 Å². The Morgan fingerprint density at radius 2 is 1.24 bits per heavy atom. The lowest BCUT2D eigenvalue weighted by Gasteiger charge is -2.34. The van der Waals surface area contributed by atoms with E-state index in [-0.39, 0.29) is 186 Å². The van der Waals surface area contributed by atoms with Crippen molar-refractivity contribution in [3.8, 4) is 28.2 Å². The highest BCUT2D eigenvalue weighted by atomic mass is 32.2. The highest BCUT2D eigenvalue weighted by Crippen LogP contribution is 2.43. The van der Waals surface area contributed by atoms with Gasteiger partial charge in [0.05, 0.1) is 37.4 Å². The molecule has 12 rings (SSSR count). The SMILES string of the molecule is CC[C@H](C)[C@@H]1NC(=O)c2cc(cc(NC(=O)CNC(=O)C3CCN(c4nc(Nc5ccc(-c6c7ccc(=O)cc-7oc7cc(O)ccc67)c(C(=O)O)c5)nc(N5CCC(C(=O)NCC(=O)Nc6ccc7c(c6)C(=O)N[C@@H](CCCCN)C(=O)N[C@@H](CO)C(=O)Nc6cc(C(N)=O)ccc6CN7)CC5)n4)CC3)c2)CSC[C@@H](C(N)=O)NC(=O)CNC(=O)[C@H](CCCCN)NC1=O. The molecule has 130 heavy (non-hydrogen) atoms. The van der Waals surface area contributed by atoms with E-state index in [4.69, 9.17) is 42.3 Å². The molecule has 2 fully saturated rings. The van der Waals surface area contributed by atoms with E-state index in [2.05, 4.69) is 69.1 Å². The molecule has 1 aliphatic carbocycles. The van der Waals surface area contributed by atoms with Gasteiger partial charge in [-0.3, -0.25) is 67.1 Å². The molecule has 0 spiro atoms. The fraction of sp³-hybridized carbons (Fsp3) is 0.386. The molecule has 2 bridgehead atoms. The van der Waals surface area contributed by atoms with Crippen LogP contribution in [0.2, 0.25) is 0 Å². The van der Waals surface area contributed by atoms with Crippen molar-refractivity contribution in [1.29, 1.82) is 0 Å². The number of carboxylic acids is 1. The van der Waals surface area contributed by atoms with Gasteiger partial charge in [0.2, 0.25) is 82.8 Å². The van der Waals surface area contributed by atoms with Crippen molar-refractivity contribution < 1.29 is 86.9 Å². The van der Waals surface area contributed by atoms with E-state index >= 15 is 0 Å². The Kier molecular flexibility index (Phi) is 32.0. The van der Waals surface area contributed by atoms with Gasteiger partial charge in [-0.1, -0.05) is 32.4 Å². The number of anilines is 8. The first-order valence-corrected chi connectivity index (χ1v) is 43.8. The first-order valence-electron chi connectivity index (χ1n) is 42.6. The summed E-state index contributed by atoms with van der Waals surface area (Å²) in [6.45, 7) is 2.57. The third-order valence-electron chi connectivity index (χ3n) is 22.8. The zero-order chi connectivity index (χ0) is 93.0. The van der Waals surface area contributed by atoms with Crippen LogP contribution >= 0.6 is 11.8 Å². The van der Waals surface area contributed by atoms with E-state index in [0.717, 1.165) is 0 Å². The number of aromatic hydroxyl groups is 1. The van der Waals surface area contributed by atoms with Gasteiger partial charge in [-0.2, -0.15) is 26.7 Å². The smallest absolute Gasteiger partial charge is 0.336 e. The maximum absolute atomic E-state index is 14.4. The first-order chi connectivity index (χ1) is 62.4. The molecule has 13 amide bonds. The van der Waals surface area contributed by atoms with Gasteiger partial charge in [0, 0.05) is 124 Å². The number of carbonyl (C=O) groups excluding carboxylic acids is 13. The number of aromatic carboxylic acids is 1. The first kappa shape index (κ1) is 94.7. The summed E-state index contributed by atoms with van der Waals surface area (Å²) in [5, 5.41) is 67.9. The summed E-state index contributed by atoms with van der Waals surface area (Å²) in [6, 6.07) is 20.1. The Hall–Kier alpha value is -14.4. The number of nitrogens with two attached hydrogens (primary N) is 4. The average Bonchev–Trinajstić information content (AvgIpc) is 0.744. The van der Waals surface area contributed by atoms with Gasteiger partial charge in [0.25, 0.3) is 11.8 Å². The number of hydrogen-bond acceptors (Lipinski definition) is 28. The Morgan fingerprint density at radius 3 is 1.87 bits per heavy atom. The van der Waals surface area contributed by atoms with Gasteiger partial charge in [-0.25, -0.2) is 4.79 Å². The van der Waals surface area contributed by atoms with Gasteiger partial charge in [0.1, 0.15) is 47.3 Å². The second kappa shape index (κ2) is 43.9. The molecule has 0 unspecified atom stereocenters. The van der Waals surface area contributed by atoms with Gasteiger partial charge in [-0.05, 0) is 185 Å². The number of piperidine rings is 2. The minimum absolute atomic E-state index is 0.0236. The Bertz CT molecular complexity index is 5680. The molecule has 5 aliphatic heterocycles. The molecule has 42 heteroatoms. The van der Waals surface area contributed by atoms with E-state index < -0.39 is 157 Å². The van der Waals surface area contributed by atoms with Crippen LogP contribution in [-0.4, -0.2) is 215 Å². The summed E-state index contributed by atoms with van der Waals surface area (Å²) in [5.41, 5.74) is 25.2. The number of thioether (sulfide) groups is 1. The number of rotatable bonds is 27. The molecule has 6 heterocycles. The zero-order valence-electron chi connectivity index (χ0n) is 71.3. The summed E-state index contributed by atoms with van der Waals surface area (Å²) in [7, 11) is 0. The quantitative estimate of drug-likeness (QED) is 0.0259. The number of amides is 13. The molecule has 1 aromatic heterocycles. The summed E-state index contributed by atoms with van der Waals surface area (Å²) in [6.07, 6.45) is 3.45. The standard InChI is InChI=1S/C88H104N22O19S/c1-3-45(2)74-84(126)102-63(8-4-6-24-89)81(123)96-41-72(116)100-67(76(92)118)44-130-43-46-30-51(79(121)105-74)32-54(31-46)98-71(115)40-95-78(120)48-22-28-110(29-23-48)88-107-86(99-53-12-16-57(60(34-53)85(127)128)73-58-17-14-55(112)36-68(58)129-69-37-56(113)15-18-59(69)73)106-87(108-88)109-26-20-47(21-27-109)77(119)94-39-70(114)97-52-13-19-62-61(35-52)80(122)101-64(9-5-7-25-90)82(124)104-66(42-111)83(125)103-65-33-49(75(91)117)10-11-50(65)38-93-62/h10-19,30-37,45,47-48,63-64,66-67,74,93,111-112H,3-9,20-29,38-44,89-90H2,1-2H3,(H2,91,117)(H2,92,118)(H,94,119)(H,95,120)(H,96,123)(H,97,114)(H,98,115)(H,100,116)(H,101,122)(H,102,126)(H,103,125)(H,104,124)(H,105,121)(H,127,128)(H,99,106,107,108)/t45-,63-,64-,66-,67-,74-/m0/s1. The van der Waals surface area contributed by atoms with Crippen LogP contribution in [0.4, 0.5) is 46.3 Å². The number of phenolic OH excluding ortho intramolecular Hbond substituents is 1. The molecular weight excluding hydrogens is 1700 g/mol. The van der Waals surface area contributed by atoms with Crippen molar-refractivity contribution in [3.05, 3.63) is 153 Å². The fourth-order valence-corrected chi connectivity index (χ4v) is 16.5. The summed E-state index contributed by atoms with van der Waals surface area (Å²) < 4.78 is 6.04. The number of carboxylic acid groups (broad SMARTS) is 1. The number of unbranched alkanes of at least 4 members (excludes halogenated alkanes) is 2. The minimum atomic E-state index is -1.49. The van der Waals surface area contributed by atoms with Gasteiger partial charge < -0.3 is 122 Å². The number of carbonyl (C=O) groups is 14. The van der Waals surface area contributed by atoms with Crippen LogP contribution in [0, 0.1) is 17.8 Å². The largest absolute Gasteiger partial charge is 0.508 e. The second-order valence-corrected chi connectivity index (χ2v) is 33.1. The van der Waals surface area contributed by atoms with Gasteiger partial charge in [-0.15, -0.1) is 0 Å². The average molecular weight is 1810 g/mol. The van der Waals surface area contributed by atoms with Crippen molar-refractivity contribution in [3.63, 3.8) is 0 Å². The predicted molar refractivity (Wildman–Crippen MR) is 482 cm³/mol. The lowest BCUT2D eigenvalue weighted by Crippen LogP contribution is -2.56. The highest BCUT2D eigenvalue weighted by Gasteiger charge is 2.36. The monoisotopic (exact) mass is 1800 g/mol. The van der Waals surface area contributed by atoms with E-state index in [1.165, 1.54) is 90.6 Å². The molecule has 6 aliphatic rings. The molecule has 6 aromatic rings. The van der Waals surface area contributed by atoms with Gasteiger partial charge >= 0.3 is 5.97 Å². The van der Waals surface area contributed by atoms with E-state index in [1.54, 1.807) is 37.3 Å². The van der Waals surface area contributed by atoms with E-state index in [1.807, 2.05) is 16.7 Å². The lowest BCUT2D eigenvalue weighted by molar-refractivity contribution is -0.132. The number of nitrogens with zero attached hydrogens (tertiary/aromatic N) is 5. The highest BCUT2D eigenvalue weighted by molar-refractivity contribution is 7.98. The third kappa shape index (κ3) is 24.5. The molecule has 24 N–H and O–H groups in total. The topological polar surface area (TPSA) is 635 Å². The Balaban J connectivity index is 0.737. The van der Waals surface area contributed by atoms with Crippen LogP contribution in [0.15, 0.2) is 118 Å². The predicted octanol–water partition coefficient (Wildman–Crippen LogP) is 2.30. The minimum Gasteiger partial charge on any atom is -0.508 e. The van der Waals surface area contributed by atoms with Crippen LogP contribution in [-0.2, 0) is 60.2 Å². The lowest BCUT2D eigenvalue weighted by atomic mass is 9.90. The van der Waals surface area contributed by atoms with Crippen molar-refractivity contribution in [2.45, 2.75) is 127 Å². The van der Waals surface area contributed by atoms with Crippen molar-refractivity contribution >= 4 is 152 Å². The summed E-state index contributed by atoms with van der Waals surface area (Å²) >= 11 is 1.17. The normalized spacial score (nSPS) is 18.5. The Morgan fingerprint density at radius 1 is 0.600 bits per heavy atom.